The molecule has 3 N–H and O–H groups in total. The molecule has 16 nitrogen and oxygen atoms in total. The highest BCUT2D eigenvalue weighted by Gasteiger charge is 2.51. The Kier molecular flexibility index (Phi) is 35.0. The van der Waals surface area contributed by atoms with Gasteiger partial charge in [0.25, 0.3) is 0 Å². The number of rotatable bonds is 45. The van der Waals surface area contributed by atoms with Crippen LogP contribution in [0.15, 0.2) is 103 Å². The molecule has 81 heavy (non-hydrogen) atoms. The van der Waals surface area contributed by atoms with Gasteiger partial charge in [-0.15, -0.1) is 0 Å². The lowest BCUT2D eigenvalue weighted by Gasteiger charge is -2.45. The SMILES string of the molecule is CCCCCCCCCCCCCC=C[C@@H](OC(=O)c1ccccc1)[C@H](CO[C@@H]1O[C@H](COC(=O)c2ccccc2)[C@H](OCC(=O)O)[C@H](OCC(=O)O)[C@H]1OC(=O)c1ccccc1)NC(=O)CCCCCCCCCCCCCCC. The smallest absolute Gasteiger partial charge is 0.338 e. The zero-order chi connectivity index (χ0) is 58.1. The van der Waals surface area contributed by atoms with Crippen LogP contribution in [0.1, 0.15) is 212 Å². The molecule has 7 atom stereocenters. The van der Waals surface area contributed by atoms with Gasteiger partial charge in [-0.05, 0) is 61.7 Å². The summed E-state index contributed by atoms with van der Waals surface area (Å²) in [5.74, 6) is -5.43. The van der Waals surface area contributed by atoms with E-state index in [-0.39, 0.29) is 29.0 Å². The molecule has 1 aliphatic heterocycles. The summed E-state index contributed by atoms with van der Waals surface area (Å²) in [5, 5.41) is 22.7. The summed E-state index contributed by atoms with van der Waals surface area (Å²) in [6, 6.07) is 23.4. The molecule has 0 unspecified atom stereocenters. The van der Waals surface area contributed by atoms with Crippen molar-refractivity contribution in [3.63, 3.8) is 0 Å². The lowest BCUT2D eigenvalue weighted by Crippen LogP contribution is -2.63. The van der Waals surface area contributed by atoms with Crippen LogP contribution in [0.3, 0.4) is 0 Å². The molecule has 1 fully saturated rings. The number of allylic oxidation sites excluding steroid dienone is 1. The van der Waals surface area contributed by atoms with Crippen molar-refractivity contribution in [2.24, 2.45) is 0 Å². The standard InChI is InChI=1S/C65H93NO15/c1-3-5-7-9-11-13-15-17-19-21-23-25-36-44-54(79-63(73)51-40-32-28-33-41-51)53(66-56(67)45-37-26-24-22-20-18-16-14-12-10-8-6-4-2)46-78-65-61(81-64(74)52-42-34-29-35-43-52)60(76-49-58(70)71)59(75-48-57(68)69)55(80-65)47-77-62(72)50-38-30-27-31-39-50/h27-36,38-44,53-55,59-61,65H,3-26,37,45-49H2,1-2H3,(H,66,67)(H,68,69)(H,70,71)/t53-,54+,55+,59-,60-,61+,65+/m0/s1. The molecule has 0 aromatic heterocycles. The first-order valence-electron chi connectivity index (χ1n) is 30.1. The molecule has 0 saturated carbocycles. The highest BCUT2D eigenvalue weighted by atomic mass is 16.7. The maximum absolute atomic E-state index is 14.1. The first-order valence-corrected chi connectivity index (χ1v) is 30.1. The highest BCUT2D eigenvalue weighted by molar-refractivity contribution is 5.90. The van der Waals surface area contributed by atoms with E-state index in [2.05, 4.69) is 19.2 Å². The van der Waals surface area contributed by atoms with Crippen LogP contribution in [0.2, 0.25) is 0 Å². The number of carbonyl (C=O) groups excluding carboxylic acids is 4. The van der Waals surface area contributed by atoms with Crippen LogP contribution in [0.25, 0.3) is 0 Å². The first kappa shape index (κ1) is 67.6. The Morgan fingerprint density at radius 2 is 0.951 bits per heavy atom. The lowest BCUT2D eigenvalue weighted by molar-refractivity contribution is -0.313. The van der Waals surface area contributed by atoms with Gasteiger partial charge >= 0.3 is 29.8 Å². The zero-order valence-electron chi connectivity index (χ0n) is 48.3. The summed E-state index contributed by atoms with van der Waals surface area (Å²) in [6.07, 6.45) is 23.4. The summed E-state index contributed by atoms with van der Waals surface area (Å²) in [6.45, 7) is 1.55. The van der Waals surface area contributed by atoms with Gasteiger partial charge in [0.2, 0.25) is 5.91 Å². The van der Waals surface area contributed by atoms with Crippen molar-refractivity contribution in [1.82, 2.24) is 5.32 Å². The fraction of sp³-hybridized carbons (Fsp3) is 0.600. The van der Waals surface area contributed by atoms with Crippen LogP contribution in [-0.2, 0) is 47.5 Å². The Hall–Kier alpha value is -5.94. The fourth-order valence-corrected chi connectivity index (χ4v) is 9.76. The third-order valence-electron chi connectivity index (χ3n) is 14.3. The third-order valence-corrected chi connectivity index (χ3v) is 14.3. The number of carboxylic acid groups (broad SMARTS) is 2. The number of amides is 1. The van der Waals surface area contributed by atoms with E-state index in [9.17, 15) is 39.0 Å². The predicted molar refractivity (Wildman–Crippen MR) is 310 cm³/mol. The molecule has 0 radical (unpaired) electrons. The zero-order valence-corrected chi connectivity index (χ0v) is 48.3. The molecule has 448 valence electrons. The molecule has 0 bridgehead atoms. The quantitative estimate of drug-likeness (QED) is 0.0207. The van der Waals surface area contributed by atoms with Gasteiger partial charge < -0.3 is 48.7 Å². The van der Waals surface area contributed by atoms with Crippen molar-refractivity contribution >= 4 is 35.8 Å². The predicted octanol–water partition coefficient (Wildman–Crippen LogP) is 13.2. The van der Waals surface area contributed by atoms with Crippen LogP contribution in [0, 0.1) is 0 Å². The second-order valence-corrected chi connectivity index (χ2v) is 21.1. The van der Waals surface area contributed by atoms with Crippen LogP contribution in [-0.4, -0.2) is 115 Å². The lowest BCUT2D eigenvalue weighted by atomic mass is 9.98. The number of esters is 3. The van der Waals surface area contributed by atoms with Crippen LogP contribution in [0.5, 0.6) is 0 Å². The molecule has 1 aliphatic rings. The molecular weight excluding hydrogens is 1030 g/mol. The van der Waals surface area contributed by atoms with E-state index in [1.165, 1.54) is 121 Å². The topological polar surface area (TPSA) is 220 Å². The number of aliphatic carboxylic acids is 2. The average Bonchev–Trinajstić information content (AvgIpc) is 3.68. The van der Waals surface area contributed by atoms with Crippen molar-refractivity contribution in [2.75, 3.05) is 26.4 Å². The monoisotopic (exact) mass is 1130 g/mol. The highest BCUT2D eigenvalue weighted by Crippen LogP contribution is 2.31. The number of ether oxygens (including phenoxy) is 7. The van der Waals surface area contributed by atoms with E-state index in [1.807, 2.05) is 6.08 Å². The molecular formula is C65H93NO15. The van der Waals surface area contributed by atoms with Gasteiger partial charge in [-0.2, -0.15) is 0 Å². The largest absolute Gasteiger partial charge is 0.480 e. The summed E-state index contributed by atoms with van der Waals surface area (Å²) >= 11 is 0. The Balaban J connectivity index is 1.63. The normalized spacial score (nSPS) is 17.7. The van der Waals surface area contributed by atoms with E-state index in [0.717, 1.165) is 51.4 Å². The summed E-state index contributed by atoms with van der Waals surface area (Å²) < 4.78 is 42.7. The maximum Gasteiger partial charge on any atom is 0.338 e. The minimum absolute atomic E-state index is 0.101. The van der Waals surface area contributed by atoms with E-state index >= 15 is 0 Å². The Bertz CT molecular complexity index is 2230. The number of unbranched alkanes of at least 4 members (excludes halogenated alkanes) is 23. The second kappa shape index (κ2) is 42.0. The average molecular weight is 1130 g/mol. The van der Waals surface area contributed by atoms with Crippen molar-refractivity contribution in [3.05, 3.63) is 120 Å². The number of hydrogen-bond donors (Lipinski definition) is 3. The second-order valence-electron chi connectivity index (χ2n) is 21.1. The Morgan fingerprint density at radius 3 is 1.43 bits per heavy atom. The van der Waals surface area contributed by atoms with Crippen LogP contribution >= 0.6 is 0 Å². The van der Waals surface area contributed by atoms with Crippen molar-refractivity contribution < 1.29 is 72.1 Å². The minimum atomic E-state index is -1.67. The van der Waals surface area contributed by atoms with Crippen LogP contribution in [0.4, 0.5) is 0 Å². The van der Waals surface area contributed by atoms with Gasteiger partial charge in [0.1, 0.15) is 44.2 Å². The third kappa shape index (κ3) is 28.6. The van der Waals surface area contributed by atoms with Crippen molar-refractivity contribution in [2.45, 2.75) is 224 Å². The molecule has 3 aromatic carbocycles. The van der Waals surface area contributed by atoms with E-state index in [0.29, 0.717) is 12.8 Å². The van der Waals surface area contributed by atoms with Gasteiger partial charge in [0.15, 0.2) is 12.4 Å². The van der Waals surface area contributed by atoms with E-state index in [1.54, 1.807) is 72.8 Å². The molecule has 1 amide bonds. The minimum Gasteiger partial charge on any atom is -0.480 e. The number of benzene rings is 3. The summed E-state index contributed by atoms with van der Waals surface area (Å²) in [4.78, 5) is 79.4. The first-order chi connectivity index (χ1) is 39.5. The Labute approximate surface area is 481 Å². The van der Waals surface area contributed by atoms with Gasteiger partial charge in [-0.1, -0.05) is 216 Å². The summed E-state index contributed by atoms with van der Waals surface area (Å²) in [7, 11) is 0. The number of nitrogens with one attached hydrogen (secondary N) is 1. The molecule has 1 saturated heterocycles. The number of carbonyl (C=O) groups is 6. The number of carboxylic acids is 2. The van der Waals surface area contributed by atoms with Crippen LogP contribution < -0.4 is 5.32 Å². The van der Waals surface area contributed by atoms with E-state index in [4.69, 9.17) is 33.2 Å². The van der Waals surface area contributed by atoms with E-state index < -0.39 is 99.1 Å². The van der Waals surface area contributed by atoms with Crippen molar-refractivity contribution in [3.8, 4) is 0 Å². The fourth-order valence-electron chi connectivity index (χ4n) is 9.76. The molecule has 16 heteroatoms. The Morgan fingerprint density at radius 1 is 0.519 bits per heavy atom. The molecule has 3 aromatic rings. The molecule has 0 aliphatic carbocycles. The summed E-state index contributed by atoms with van der Waals surface area (Å²) in [5.41, 5.74) is 0.577. The molecule has 1 heterocycles. The van der Waals surface area contributed by atoms with Gasteiger partial charge in [0.05, 0.1) is 29.3 Å². The molecule has 4 rings (SSSR count). The van der Waals surface area contributed by atoms with Gasteiger partial charge in [-0.25, -0.2) is 24.0 Å². The maximum atomic E-state index is 14.1. The van der Waals surface area contributed by atoms with Gasteiger partial charge in [-0.3, -0.25) is 4.79 Å². The molecule has 0 spiro atoms. The van der Waals surface area contributed by atoms with Crippen molar-refractivity contribution in [1.29, 1.82) is 0 Å². The van der Waals surface area contributed by atoms with Gasteiger partial charge in [0, 0.05) is 6.42 Å². The number of hydrogen-bond acceptors (Lipinski definition) is 13.